The van der Waals surface area contributed by atoms with E-state index in [1.165, 1.54) is 11.3 Å². The quantitative estimate of drug-likeness (QED) is 0.832. The zero-order chi connectivity index (χ0) is 12.4. The van der Waals surface area contributed by atoms with Crippen LogP contribution in [-0.4, -0.2) is 5.91 Å². The van der Waals surface area contributed by atoms with Gasteiger partial charge in [0, 0.05) is 16.8 Å². The molecule has 0 atom stereocenters. The molecular weight excluding hydrogens is 300 g/mol. The second kappa shape index (κ2) is 4.89. The first-order valence-electron chi connectivity index (χ1n) is 4.98. The van der Waals surface area contributed by atoms with Crippen LogP contribution in [0.2, 0.25) is 0 Å². The molecule has 1 aromatic carbocycles. The van der Waals surface area contributed by atoms with Crippen LogP contribution < -0.4 is 11.1 Å². The largest absolute Gasteiger partial charge is 0.398 e. The van der Waals surface area contributed by atoms with E-state index in [1.54, 1.807) is 11.4 Å². The maximum Gasteiger partial charge on any atom is 0.256 e. The number of thiophene rings is 1. The molecule has 1 aromatic heterocycles. The lowest BCUT2D eigenvalue weighted by Gasteiger charge is -2.09. The fraction of sp³-hybridized carbons (Fsp3) is 0.0833. The van der Waals surface area contributed by atoms with Crippen molar-refractivity contribution in [1.29, 1.82) is 0 Å². The standard InChI is InChI=1S/C12H11BrN2OS/c1-7-9(14)3-2-4-10(7)15-12(16)8-5-11(13)17-6-8/h2-6H,14H2,1H3,(H,15,16). The van der Waals surface area contributed by atoms with Crippen LogP contribution in [0.5, 0.6) is 0 Å². The number of carbonyl (C=O) groups is 1. The third kappa shape index (κ3) is 2.68. The van der Waals surface area contributed by atoms with Crippen molar-refractivity contribution >= 4 is 44.5 Å². The van der Waals surface area contributed by atoms with Crippen molar-refractivity contribution in [2.75, 3.05) is 11.1 Å². The topological polar surface area (TPSA) is 55.1 Å². The summed E-state index contributed by atoms with van der Waals surface area (Å²) >= 11 is 4.81. The van der Waals surface area contributed by atoms with E-state index in [4.69, 9.17) is 5.73 Å². The number of halogens is 1. The Morgan fingerprint density at radius 1 is 1.47 bits per heavy atom. The highest BCUT2D eigenvalue weighted by Crippen LogP contribution is 2.24. The minimum absolute atomic E-state index is 0.124. The molecule has 3 nitrogen and oxygen atoms in total. The molecule has 88 valence electrons. The number of amides is 1. The van der Waals surface area contributed by atoms with E-state index < -0.39 is 0 Å². The highest BCUT2D eigenvalue weighted by Gasteiger charge is 2.10. The molecule has 0 fully saturated rings. The predicted molar refractivity (Wildman–Crippen MR) is 75.6 cm³/mol. The summed E-state index contributed by atoms with van der Waals surface area (Å²) in [6, 6.07) is 7.26. The molecule has 0 bridgehead atoms. The molecule has 0 aliphatic rings. The van der Waals surface area contributed by atoms with Crippen LogP contribution in [-0.2, 0) is 0 Å². The lowest BCUT2D eigenvalue weighted by Crippen LogP contribution is -2.12. The van der Waals surface area contributed by atoms with Crippen LogP contribution in [0.1, 0.15) is 15.9 Å². The molecule has 2 rings (SSSR count). The minimum Gasteiger partial charge on any atom is -0.398 e. The Balaban J connectivity index is 2.21. The molecule has 0 saturated carbocycles. The van der Waals surface area contributed by atoms with Crippen LogP contribution >= 0.6 is 27.3 Å². The number of rotatable bonds is 2. The maximum absolute atomic E-state index is 11.9. The molecule has 0 unspecified atom stereocenters. The number of hydrogen-bond donors (Lipinski definition) is 2. The van der Waals surface area contributed by atoms with Crippen molar-refractivity contribution < 1.29 is 4.79 Å². The SMILES string of the molecule is Cc1c(N)cccc1NC(=O)c1csc(Br)c1. The lowest BCUT2D eigenvalue weighted by atomic mass is 10.1. The average Bonchev–Trinajstić information content (AvgIpc) is 2.72. The Morgan fingerprint density at radius 2 is 2.24 bits per heavy atom. The Hall–Kier alpha value is -1.33. The van der Waals surface area contributed by atoms with Crippen molar-refractivity contribution in [2.24, 2.45) is 0 Å². The molecule has 5 heteroatoms. The van der Waals surface area contributed by atoms with Gasteiger partial charge in [-0.05, 0) is 46.6 Å². The van der Waals surface area contributed by atoms with Gasteiger partial charge in [0.05, 0.1) is 9.35 Å². The maximum atomic E-state index is 11.9. The van der Waals surface area contributed by atoms with Gasteiger partial charge < -0.3 is 11.1 Å². The molecule has 0 aliphatic carbocycles. The number of carbonyl (C=O) groups excluding carboxylic acids is 1. The summed E-state index contributed by atoms with van der Waals surface area (Å²) in [5.74, 6) is -0.124. The zero-order valence-electron chi connectivity index (χ0n) is 9.16. The summed E-state index contributed by atoms with van der Waals surface area (Å²) < 4.78 is 0.937. The van der Waals surface area contributed by atoms with Crippen molar-refractivity contribution in [2.45, 2.75) is 6.92 Å². The highest BCUT2D eigenvalue weighted by atomic mass is 79.9. The first-order chi connectivity index (χ1) is 8.08. The van der Waals surface area contributed by atoms with Gasteiger partial charge in [-0.2, -0.15) is 0 Å². The van der Waals surface area contributed by atoms with E-state index in [-0.39, 0.29) is 5.91 Å². The summed E-state index contributed by atoms with van der Waals surface area (Å²) in [5, 5.41) is 4.65. The van der Waals surface area contributed by atoms with Gasteiger partial charge in [-0.3, -0.25) is 4.79 Å². The molecule has 3 N–H and O–H groups in total. The van der Waals surface area contributed by atoms with Crippen molar-refractivity contribution in [3.63, 3.8) is 0 Å². The molecule has 2 aromatic rings. The van der Waals surface area contributed by atoms with Gasteiger partial charge in [-0.15, -0.1) is 11.3 Å². The van der Waals surface area contributed by atoms with Gasteiger partial charge in [0.2, 0.25) is 0 Å². The second-order valence-electron chi connectivity index (χ2n) is 3.61. The third-order valence-corrected chi connectivity index (χ3v) is 3.96. The van der Waals surface area contributed by atoms with E-state index in [0.717, 1.165) is 15.0 Å². The molecule has 17 heavy (non-hydrogen) atoms. The Morgan fingerprint density at radius 3 is 2.88 bits per heavy atom. The van der Waals surface area contributed by atoms with E-state index in [2.05, 4.69) is 21.2 Å². The van der Waals surface area contributed by atoms with Gasteiger partial charge in [0.25, 0.3) is 5.91 Å². The number of anilines is 2. The molecular formula is C12H11BrN2OS. The van der Waals surface area contributed by atoms with Gasteiger partial charge in [0.1, 0.15) is 0 Å². The number of nitrogen functional groups attached to an aromatic ring is 1. The zero-order valence-corrected chi connectivity index (χ0v) is 11.6. The van der Waals surface area contributed by atoms with E-state index in [0.29, 0.717) is 11.3 Å². The molecule has 0 spiro atoms. The summed E-state index contributed by atoms with van der Waals surface area (Å²) in [6.07, 6.45) is 0. The molecule has 1 amide bonds. The predicted octanol–water partition coefficient (Wildman–Crippen LogP) is 3.65. The van der Waals surface area contributed by atoms with Crippen LogP contribution in [0.3, 0.4) is 0 Å². The van der Waals surface area contributed by atoms with Gasteiger partial charge in [0.15, 0.2) is 0 Å². The number of nitrogens with two attached hydrogens (primary N) is 1. The summed E-state index contributed by atoms with van der Waals surface area (Å²) in [6.45, 7) is 1.88. The molecule has 0 aliphatic heterocycles. The smallest absolute Gasteiger partial charge is 0.256 e. The first kappa shape index (κ1) is 12.1. The normalized spacial score (nSPS) is 10.2. The first-order valence-corrected chi connectivity index (χ1v) is 6.65. The van der Waals surface area contributed by atoms with Crippen molar-refractivity contribution in [3.8, 4) is 0 Å². The number of benzene rings is 1. The van der Waals surface area contributed by atoms with E-state index in [1.807, 2.05) is 25.1 Å². The average molecular weight is 311 g/mol. The molecule has 0 saturated heterocycles. The van der Waals surface area contributed by atoms with Crippen LogP contribution in [0, 0.1) is 6.92 Å². The monoisotopic (exact) mass is 310 g/mol. The van der Waals surface area contributed by atoms with Crippen LogP contribution in [0.15, 0.2) is 33.4 Å². The van der Waals surface area contributed by atoms with Crippen LogP contribution in [0.25, 0.3) is 0 Å². The second-order valence-corrected chi connectivity index (χ2v) is 5.90. The summed E-state index contributed by atoms with van der Waals surface area (Å²) in [4.78, 5) is 11.9. The fourth-order valence-corrected chi connectivity index (χ4v) is 2.55. The van der Waals surface area contributed by atoms with Gasteiger partial charge in [-0.25, -0.2) is 0 Å². The lowest BCUT2D eigenvalue weighted by molar-refractivity contribution is 0.102. The van der Waals surface area contributed by atoms with Crippen molar-refractivity contribution in [1.82, 2.24) is 0 Å². The van der Waals surface area contributed by atoms with E-state index in [9.17, 15) is 4.79 Å². The Bertz CT molecular complexity index is 565. The molecule has 0 radical (unpaired) electrons. The number of nitrogens with one attached hydrogen (secondary N) is 1. The highest BCUT2D eigenvalue weighted by molar-refractivity contribution is 9.11. The summed E-state index contributed by atoms with van der Waals surface area (Å²) in [5.41, 5.74) is 8.73. The van der Waals surface area contributed by atoms with Gasteiger partial charge >= 0.3 is 0 Å². The molecule has 1 heterocycles. The Kier molecular flexibility index (Phi) is 3.49. The van der Waals surface area contributed by atoms with Gasteiger partial charge in [-0.1, -0.05) is 6.07 Å². The van der Waals surface area contributed by atoms with Crippen molar-refractivity contribution in [3.05, 3.63) is 44.6 Å². The number of hydrogen-bond acceptors (Lipinski definition) is 3. The van der Waals surface area contributed by atoms with Crippen LogP contribution in [0.4, 0.5) is 11.4 Å². The Labute approximate surface area is 112 Å². The third-order valence-electron chi connectivity index (χ3n) is 2.45. The minimum atomic E-state index is -0.124. The summed E-state index contributed by atoms with van der Waals surface area (Å²) in [7, 11) is 0. The van der Waals surface area contributed by atoms with E-state index >= 15 is 0 Å². The fourth-order valence-electron chi connectivity index (χ4n) is 1.41.